The SMILES string of the molecule is COc1cccc(F)c1C(=O)c1ccc(F)cc1. The summed E-state index contributed by atoms with van der Waals surface area (Å²) in [5, 5.41) is 0. The first-order chi connectivity index (χ1) is 8.63. The summed E-state index contributed by atoms with van der Waals surface area (Å²) >= 11 is 0. The van der Waals surface area contributed by atoms with Crippen LogP contribution in [0.5, 0.6) is 5.75 Å². The van der Waals surface area contributed by atoms with Crippen LogP contribution in [0.2, 0.25) is 0 Å². The van der Waals surface area contributed by atoms with Gasteiger partial charge < -0.3 is 4.74 Å². The molecule has 0 aliphatic carbocycles. The number of rotatable bonds is 3. The van der Waals surface area contributed by atoms with E-state index in [0.29, 0.717) is 0 Å². The molecule has 0 aliphatic rings. The maximum atomic E-state index is 13.7. The van der Waals surface area contributed by atoms with Gasteiger partial charge in [-0.15, -0.1) is 0 Å². The zero-order chi connectivity index (χ0) is 13.1. The van der Waals surface area contributed by atoms with Crippen LogP contribution in [0.3, 0.4) is 0 Å². The maximum Gasteiger partial charge on any atom is 0.199 e. The molecule has 0 bridgehead atoms. The Bertz CT molecular complexity index is 577. The minimum Gasteiger partial charge on any atom is -0.496 e. The highest BCUT2D eigenvalue weighted by Crippen LogP contribution is 2.24. The number of methoxy groups -OCH3 is 1. The van der Waals surface area contributed by atoms with Gasteiger partial charge in [-0.05, 0) is 36.4 Å². The van der Waals surface area contributed by atoms with Crippen molar-refractivity contribution in [3.8, 4) is 5.75 Å². The summed E-state index contributed by atoms with van der Waals surface area (Å²) in [5.74, 6) is -1.50. The Hall–Kier alpha value is -2.23. The fourth-order valence-corrected chi connectivity index (χ4v) is 1.64. The number of halogens is 2. The van der Waals surface area contributed by atoms with E-state index >= 15 is 0 Å². The van der Waals surface area contributed by atoms with Gasteiger partial charge in [0.25, 0.3) is 0 Å². The topological polar surface area (TPSA) is 26.3 Å². The smallest absolute Gasteiger partial charge is 0.199 e. The molecular formula is C14H10F2O2. The van der Waals surface area contributed by atoms with E-state index in [-0.39, 0.29) is 16.9 Å². The van der Waals surface area contributed by atoms with Crippen molar-refractivity contribution in [1.82, 2.24) is 0 Å². The molecule has 0 fully saturated rings. The van der Waals surface area contributed by atoms with Crippen LogP contribution in [0.15, 0.2) is 42.5 Å². The Kier molecular flexibility index (Phi) is 3.37. The third-order valence-electron chi connectivity index (χ3n) is 2.53. The fraction of sp³-hybridized carbons (Fsp3) is 0.0714. The molecular weight excluding hydrogens is 238 g/mol. The van der Waals surface area contributed by atoms with Crippen molar-refractivity contribution in [3.05, 3.63) is 65.2 Å². The second-order valence-corrected chi connectivity index (χ2v) is 3.65. The molecule has 0 unspecified atom stereocenters. The van der Waals surface area contributed by atoms with E-state index in [0.717, 1.165) is 12.1 Å². The van der Waals surface area contributed by atoms with Crippen molar-refractivity contribution in [2.45, 2.75) is 0 Å². The van der Waals surface area contributed by atoms with E-state index in [4.69, 9.17) is 4.74 Å². The van der Waals surface area contributed by atoms with Gasteiger partial charge in [-0.2, -0.15) is 0 Å². The second kappa shape index (κ2) is 4.96. The molecule has 2 aromatic rings. The van der Waals surface area contributed by atoms with Crippen LogP contribution in [0.4, 0.5) is 8.78 Å². The zero-order valence-corrected chi connectivity index (χ0v) is 9.61. The van der Waals surface area contributed by atoms with E-state index in [9.17, 15) is 13.6 Å². The predicted molar refractivity (Wildman–Crippen MR) is 62.8 cm³/mol. The van der Waals surface area contributed by atoms with Gasteiger partial charge in [-0.3, -0.25) is 4.79 Å². The van der Waals surface area contributed by atoms with Gasteiger partial charge in [0.1, 0.15) is 22.9 Å². The third-order valence-corrected chi connectivity index (χ3v) is 2.53. The maximum absolute atomic E-state index is 13.7. The number of carbonyl (C=O) groups is 1. The molecule has 2 rings (SSSR count). The molecule has 0 amide bonds. The molecule has 0 aliphatic heterocycles. The Morgan fingerprint density at radius 3 is 2.33 bits per heavy atom. The number of benzene rings is 2. The lowest BCUT2D eigenvalue weighted by Crippen LogP contribution is -2.06. The normalized spacial score (nSPS) is 10.2. The van der Waals surface area contributed by atoms with Crippen molar-refractivity contribution >= 4 is 5.78 Å². The first-order valence-corrected chi connectivity index (χ1v) is 5.26. The minimum absolute atomic E-state index is 0.147. The average Bonchev–Trinajstić information content (AvgIpc) is 2.38. The highest BCUT2D eigenvalue weighted by Gasteiger charge is 2.18. The molecule has 2 aromatic carbocycles. The summed E-state index contributed by atoms with van der Waals surface area (Å²) in [6.07, 6.45) is 0. The van der Waals surface area contributed by atoms with E-state index in [2.05, 4.69) is 0 Å². The molecule has 0 aromatic heterocycles. The second-order valence-electron chi connectivity index (χ2n) is 3.65. The first-order valence-electron chi connectivity index (χ1n) is 5.26. The Morgan fingerprint density at radius 2 is 1.72 bits per heavy atom. The number of hydrogen-bond acceptors (Lipinski definition) is 2. The van der Waals surface area contributed by atoms with Crippen LogP contribution in [-0.2, 0) is 0 Å². The van der Waals surface area contributed by atoms with Crippen LogP contribution in [0.1, 0.15) is 15.9 Å². The van der Waals surface area contributed by atoms with Crippen LogP contribution in [-0.4, -0.2) is 12.9 Å². The molecule has 2 nitrogen and oxygen atoms in total. The summed E-state index contributed by atoms with van der Waals surface area (Å²) < 4.78 is 31.4. The quantitative estimate of drug-likeness (QED) is 0.780. The van der Waals surface area contributed by atoms with Crippen molar-refractivity contribution in [3.63, 3.8) is 0 Å². The summed E-state index contributed by atoms with van der Waals surface area (Å²) in [6.45, 7) is 0. The zero-order valence-electron chi connectivity index (χ0n) is 9.61. The summed E-state index contributed by atoms with van der Waals surface area (Å²) in [4.78, 5) is 12.1. The van der Waals surface area contributed by atoms with Crippen LogP contribution in [0.25, 0.3) is 0 Å². The van der Waals surface area contributed by atoms with Crippen LogP contribution < -0.4 is 4.74 Å². The monoisotopic (exact) mass is 248 g/mol. The van der Waals surface area contributed by atoms with Gasteiger partial charge in [-0.1, -0.05) is 6.07 Å². The Morgan fingerprint density at radius 1 is 1.06 bits per heavy atom. The number of hydrogen-bond donors (Lipinski definition) is 0. The fourth-order valence-electron chi connectivity index (χ4n) is 1.64. The van der Waals surface area contributed by atoms with Gasteiger partial charge in [-0.25, -0.2) is 8.78 Å². The molecule has 0 radical (unpaired) electrons. The summed E-state index contributed by atoms with van der Waals surface area (Å²) in [5.41, 5.74) is 0.0615. The molecule has 0 atom stereocenters. The van der Waals surface area contributed by atoms with Crippen molar-refractivity contribution in [2.24, 2.45) is 0 Å². The van der Waals surface area contributed by atoms with Gasteiger partial charge in [0.2, 0.25) is 0 Å². The van der Waals surface area contributed by atoms with E-state index < -0.39 is 17.4 Å². The van der Waals surface area contributed by atoms with Crippen LogP contribution >= 0.6 is 0 Å². The number of ether oxygens (including phenoxy) is 1. The standard InChI is InChI=1S/C14H10F2O2/c1-18-12-4-2-3-11(16)13(12)14(17)9-5-7-10(15)8-6-9/h2-8H,1H3. The first kappa shape index (κ1) is 12.2. The molecule has 0 saturated heterocycles. The average molecular weight is 248 g/mol. The van der Waals surface area contributed by atoms with E-state index in [1.54, 1.807) is 0 Å². The Labute approximate surface area is 103 Å². The highest BCUT2D eigenvalue weighted by atomic mass is 19.1. The van der Waals surface area contributed by atoms with E-state index in [1.165, 1.54) is 37.4 Å². The van der Waals surface area contributed by atoms with Gasteiger partial charge in [0.05, 0.1) is 7.11 Å². The third kappa shape index (κ3) is 2.22. The molecule has 0 heterocycles. The van der Waals surface area contributed by atoms with Gasteiger partial charge in [0.15, 0.2) is 5.78 Å². The number of carbonyl (C=O) groups excluding carboxylic acids is 1. The van der Waals surface area contributed by atoms with E-state index in [1.807, 2.05) is 0 Å². The minimum atomic E-state index is -0.663. The Balaban J connectivity index is 2.49. The summed E-state index contributed by atoms with van der Waals surface area (Å²) in [6, 6.07) is 9.06. The van der Waals surface area contributed by atoms with Crippen molar-refractivity contribution in [2.75, 3.05) is 7.11 Å². The molecule has 92 valence electrons. The van der Waals surface area contributed by atoms with Gasteiger partial charge in [0, 0.05) is 5.56 Å². The molecule has 0 N–H and O–H groups in total. The molecule has 0 spiro atoms. The highest BCUT2D eigenvalue weighted by molar-refractivity contribution is 6.10. The lowest BCUT2D eigenvalue weighted by atomic mass is 10.0. The number of ketones is 1. The van der Waals surface area contributed by atoms with Gasteiger partial charge >= 0.3 is 0 Å². The lowest BCUT2D eigenvalue weighted by Gasteiger charge is -2.08. The largest absolute Gasteiger partial charge is 0.496 e. The predicted octanol–water partition coefficient (Wildman–Crippen LogP) is 3.20. The van der Waals surface area contributed by atoms with Crippen molar-refractivity contribution in [1.29, 1.82) is 0 Å². The summed E-state index contributed by atoms with van der Waals surface area (Å²) in [7, 11) is 1.36. The lowest BCUT2D eigenvalue weighted by molar-refractivity contribution is 0.103. The van der Waals surface area contributed by atoms with Crippen LogP contribution in [0, 0.1) is 11.6 Å². The molecule has 4 heteroatoms. The molecule has 0 saturated carbocycles. The van der Waals surface area contributed by atoms with Crippen molar-refractivity contribution < 1.29 is 18.3 Å². The molecule has 18 heavy (non-hydrogen) atoms.